The average Bonchev–Trinajstić information content (AvgIpc) is 3.48. The van der Waals surface area contributed by atoms with Crippen LogP contribution >= 0.6 is 0 Å². The highest BCUT2D eigenvalue weighted by molar-refractivity contribution is 5.89. The van der Waals surface area contributed by atoms with Gasteiger partial charge in [-0.25, -0.2) is 4.79 Å². The Labute approximate surface area is 190 Å². The number of urea groups is 1. The first-order valence-corrected chi connectivity index (χ1v) is 11.7. The van der Waals surface area contributed by atoms with Crippen LogP contribution in [0.25, 0.3) is 10.9 Å². The summed E-state index contributed by atoms with van der Waals surface area (Å²) in [6, 6.07) is 17.4. The van der Waals surface area contributed by atoms with E-state index in [4.69, 9.17) is 0 Å². The van der Waals surface area contributed by atoms with Gasteiger partial charge >= 0.3 is 6.03 Å². The summed E-state index contributed by atoms with van der Waals surface area (Å²) in [5.41, 5.74) is 4.67. The van der Waals surface area contributed by atoms with Gasteiger partial charge in [0, 0.05) is 60.7 Å². The van der Waals surface area contributed by atoms with Crippen LogP contribution in [-0.4, -0.2) is 67.1 Å². The van der Waals surface area contributed by atoms with E-state index < -0.39 is 0 Å². The van der Waals surface area contributed by atoms with E-state index in [0.717, 1.165) is 44.7 Å². The number of carbonyl (C=O) groups excluding carboxylic acids is 1. The van der Waals surface area contributed by atoms with Gasteiger partial charge < -0.3 is 25.0 Å². The minimum atomic E-state index is 0.00368. The first-order valence-electron chi connectivity index (χ1n) is 11.7. The molecule has 0 aliphatic carbocycles. The number of piperidine rings is 1. The number of rotatable bonds is 4. The number of benzene rings is 2. The zero-order valence-electron chi connectivity index (χ0n) is 19.1. The Balaban J connectivity index is 1.15. The zero-order chi connectivity index (χ0) is 22.1. The molecule has 3 heterocycles. The Kier molecular flexibility index (Phi) is 5.79. The number of fused-ring (bicyclic) bond motifs is 1. The van der Waals surface area contributed by atoms with Crippen molar-refractivity contribution in [1.82, 2.24) is 14.8 Å². The van der Waals surface area contributed by atoms with E-state index in [1.165, 1.54) is 28.6 Å². The Morgan fingerprint density at radius 3 is 2.47 bits per heavy atom. The summed E-state index contributed by atoms with van der Waals surface area (Å²) in [5, 5.41) is 4.40. The Bertz CT molecular complexity index is 1070. The SMILES string of the molecule is CN(C)C1CCN(c2ccc(NC(=O)N3CCC(c4c[nH]c5ccccc45)CC3)cc2)C1. The number of anilines is 2. The van der Waals surface area contributed by atoms with Gasteiger partial charge in [-0.05, 0) is 75.2 Å². The molecule has 32 heavy (non-hydrogen) atoms. The van der Waals surface area contributed by atoms with Crippen molar-refractivity contribution in [3.63, 3.8) is 0 Å². The summed E-state index contributed by atoms with van der Waals surface area (Å²) in [7, 11) is 4.30. The second kappa shape index (κ2) is 8.87. The van der Waals surface area contributed by atoms with Gasteiger partial charge in [0.05, 0.1) is 0 Å². The van der Waals surface area contributed by atoms with Crippen LogP contribution in [-0.2, 0) is 0 Å². The molecule has 6 heteroatoms. The predicted molar refractivity (Wildman–Crippen MR) is 132 cm³/mol. The summed E-state index contributed by atoms with van der Waals surface area (Å²) in [6.07, 6.45) is 5.33. The number of hydrogen-bond acceptors (Lipinski definition) is 3. The van der Waals surface area contributed by atoms with E-state index in [2.05, 4.69) is 76.8 Å². The predicted octanol–water partition coefficient (Wildman–Crippen LogP) is 4.72. The molecule has 1 aromatic heterocycles. The molecule has 5 rings (SSSR count). The van der Waals surface area contributed by atoms with Crippen LogP contribution < -0.4 is 10.2 Å². The molecule has 0 radical (unpaired) electrons. The molecule has 2 aliphatic heterocycles. The maximum atomic E-state index is 12.8. The van der Waals surface area contributed by atoms with Crippen LogP contribution in [0.3, 0.4) is 0 Å². The smallest absolute Gasteiger partial charge is 0.321 e. The van der Waals surface area contributed by atoms with Crippen LogP contribution in [0, 0.1) is 0 Å². The van der Waals surface area contributed by atoms with E-state index in [9.17, 15) is 4.79 Å². The van der Waals surface area contributed by atoms with Gasteiger partial charge in [0.25, 0.3) is 0 Å². The van der Waals surface area contributed by atoms with E-state index in [-0.39, 0.29) is 6.03 Å². The molecule has 2 amide bonds. The quantitative estimate of drug-likeness (QED) is 0.629. The van der Waals surface area contributed by atoms with Crippen molar-refractivity contribution in [2.45, 2.75) is 31.2 Å². The molecule has 0 saturated carbocycles. The summed E-state index contributed by atoms with van der Waals surface area (Å²) >= 11 is 0. The molecule has 1 atom stereocenters. The van der Waals surface area contributed by atoms with Crippen molar-refractivity contribution in [2.24, 2.45) is 0 Å². The normalized spacial score (nSPS) is 19.8. The van der Waals surface area contributed by atoms with Crippen LogP contribution in [0.5, 0.6) is 0 Å². The van der Waals surface area contributed by atoms with Gasteiger partial charge in [0.15, 0.2) is 0 Å². The van der Waals surface area contributed by atoms with Crippen molar-refractivity contribution in [3.05, 3.63) is 60.3 Å². The molecule has 2 saturated heterocycles. The number of carbonyl (C=O) groups is 1. The summed E-state index contributed by atoms with van der Waals surface area (Å²) in [6.45, 7) is 3.71. The van der Waals surface area contributed by atoms with Crippen molar-refractivity contribution < 1.29 is 4.79 Å². The van der Waals surface area contributed by atoms with Gasteiger partial charge in [0.2, 0.25) is 0 Å². The summed E-state index contributed by atoms with van der Waals surface area (Å²) in [5.74, 6) is 0.501. The number of para-hydroxylation sites is 1. The van der Waals surface area contributed by atoms with Crippen LogP contribution in [0.2, 0.25) is 0 Å². The fourth-order valence-electron chi connectivity index (χ4n) is 5.18. The fraction of sp³-hybridized carbons (Fsp3) is 0.423. The fourth-order valence-corrected chi connectivity index (χ4v) is 5.18. The Morgan fingerprint density at radius 1 is 1.00 bits per heavy atom. The number of nitrogens with one attached hydrogen (secondary N) is 2. The third-order valence-corrected chi connectivity index (χ3v) is 7.22. The van der Waals surface area contributed by atoms with Gasteiger partial charge in [-0.3, -0.25) is 0 Å². The van der Waals surface area contributed by atoms with Crippen molar-refractivity contribution in [3.8, 4) is 0 Å². The molecule has 2 aliphatic rings. The number of nitrogens with zero attached hydrogens (tertiary/aromatic N) is 3. The maximum Gasteiger partial charge on any atom is 0.321 e. The summed E-state index contributed by atoms with van der Waals surface area (Å²) in [4.78, 5) is 22.9. The average molecular weight is 432 g/mol. The van der Waals surface area contributed by atoms with E-state index >= 15 is 0 Å². The minimum Gasteiger partial charge on any atom is -0.370 e. The lowest BCUT2D eigenvalue weighted by atomic mass is 9.89. The molecular formula is C26H33N5O. The number of aromatic amines is 1. The lowest BCUT2D eigenvalue weighted by molar-refractivity contribution is 0.195. The van der Waals surface area contributed by atoms with E-state index in [1.807, 2.05) is 17.0 Å². The first-order chi connectivity index (χ1) is 15.6. The van der Waals surface area contributed by atoms with E-state index in [1.54, 1.807) is 0 Å². The Hall–Kier alpha value is -2.99. The van der Waals surface area contributed by atoms with Crippen LogP contribution in [0.15, 0.2) is 54.7 Å². The Morgan fingerprint density at radius 2 is 1.75 bits per heavy atom. The van der Waals surface area contributed by atoms with Gasteiger partial charge in [0.1, 0.15) is 0 Å². The lowest BCUT2D eigenvalue weighted by Gasteiger charge is -2.32. The van der Waals surface area contributed by atoms with Crippen LogP contribution in [0.1, 0.15) is 30.7 Å². The maximum absolute atomic E-state index is 12.8. The number of hydrogen-bond donors (Lipinski definition) is 2. The molecule has 6 nitrogen and oxygen atoms in total. The highest BCUT2D eigenvalue weighted by Crippen LogP contribution is 2.33. The number of likely N-dealkylation sites (N-methyl/N-ethyl adjacent to an activating group) is 1. The van der Waals surface area contributed by atoms with Gasteiger partial charge in [-0.15, -0.1) is 0 Å². The topological polar surface area (TPSA) is 54.6 Å². The minimum absolute atomic E-state index is 0.00368. The van der Waals surface area contributed by atoms with Gasteiger partial charge in [-0.1, -0.05) is 18.2 Å². The second-order valence-corrected chi connectivity index (χ2v) is 9.38. The first kappa shape index (κ1) is 20.9. The molecule has 2 fully saturated rings. The lowest BCUT2D eigenvalue weighted by Crippen LogP contribution is -2.40. The third-order valence-electron chi connectivity index (χ3n) is 7.22. The highest BCUT2D eigenvalue weighted by Gasteiger charge is 2.26. The standard InChI is InChI=1S/C26H33N5O/c1-29(2)22-13-16-31(18-22)21-9-7-20(8-10-21)28-26(32)30-14-11-19(12-15-30)24-17-27-25-6-4-3-5-23(24)25/h3-10,17,19,22,27H,11-16,18H2,1-2H3,(H,28,32). The third kappa shape index (κ3) is 4.19. The zero-order valence-corrected chi connectivity index (χ0v) is 19.1. The molecule has 2 aromatic carbocycles. The summed E-state index contributed by atoms with van der Waals surface area (Å²) < 4.78 is 0. The monoisotopic (exact) mass is 431 g/mol. The highest BCUT2D eigenvalue weighted by atomic mass is 16.2. The molecule has 1 unspecified atom stereocenters. The number of aromatic nitrogens is 1. The second-order valence-electron chi connectivity index (χ2n) is 9.38. The number of likely N-dealkylation sites (tertiary alicyclic amines) is 1. The van der Waals surface area contributed by atoms with Gasteiger partial charge in [-0.2, -0.15) is 0 Å². The molecule has 168 valence electrons. The van der Waals surface area contributed by atoms with E-state index in [0.29, 0.717) is 12.0 Å². The largest absolute Gasteiger partial charge is 0.370 e. The molecule has 0 bridgehead atoms. The van der Waals surface area contributed by atoms with Crippen LogP contribution in [0.4, 0.5) is 16.2 Å². The molecule has 2 N–H and O–H groups in total. The number of H-pyrrole nitrogens is 1. The molecular weight excluding hydrogens is 398 g/mol. The molecule has 3 aromatic rings. The van der Waals surface area contributed by atoms with Crippen molar-refractivity contribution >= 4 is 28.3 Å². The van der Waals surface area contributed by atoms with Crippen molar-refractivity contribution in [1.29, 1.82) is 0 Å². The number of amides is 2. The molecule has 0 spiro atoms. The van der Waals surface area contributed by atoms with Crippen molar-refractivity contribution in [2.75, 3.05) is 50.5 Å².